The number of fused-ring (bicyclic) bond motifs is 1. The third-order valence-electron chi connectivity index (χ3n) is 5.09. The molecule has 0 unspecified atom stereocenters. The van der Waals surface area contributed by atoms with Gasteiger partial charge in [0.15, 0.2) is 15.7 Å². The predicted molar refractivity (Wildman–Crippen MR) is 100 cm³/mol. The molecule has 1 amide bonds. The van der Waals surface area contributed by atoms with Gasteiger partial charge in [-0.15, -0.1) is 11.8 Å². The number of carbonyl (C=O) groups excluding carboxylic acids is 1. The topological polar surface area (TPSA) is 110 Å². The molecule has 0 aliphatic carbocycles. The van der Waals surface area contributed by atoms with Crippen molar-refractivity contribution < 1.29 is 13.2 Å². The van der Waals surface area contributed by atoms with Crippen molar-refractivity contribution in [3.05, 3.63) is 28.2 Å². The Hall–Kier alpha value is -1.81. The van der Waals surface area contributed by atoms with E-state index in [2.05, 4.69) is 20.6 Å². The molecule has 2 N–H and O–H groups in total. The molecule has 2 aromatic heterocycles. The standard InChI is InChI=1S/C16H21N5O3S2/c1-8-14-15(25-6-12(22)17-16(14)19-18-8)13-9(2)20-21(10(13)3)11-4-5-26(23,24)7-11/h11,15H,4-7H2,1-3H3,(H2,17,18,19,22)/t11-,15+/m1/s1. The summed E-state index contributed by atoms with van der Waals surface area (Å²) in [6.45, 7) is 5.86. The molecule has 26 heavy (non-hydrogen) atoms. The molecule has 1 fully saturated rings. The lowest BCUT2D eigenvalue weighted by atomic mass is 10.0. The zero-order valence-corrected chi connectivity index (χ0v) is 16.5. The molecule has 2 aliphatic rings. The number of aromatic nitrogens is 4. The first-order valence-electron chi connectivity index (χ1n) is 8.49. The van der Waals surface area contributed by atoms with E-state index in [0.29, 0.717) is 18.0 Å². The Morgan fingerprint density at radius 1 is 1.23 bits per heavy atom. The molecule has 0 saturated carbocycles. The van der Waals surface area contributed by atoms with Gasteiger partial charge < -0.3 is 5.32 Å². The van der Waals surface area contributed by atoms with Crippen LogP contribution in [0.1, 0.15) is 45.9 Å². The third-order valence-corrected chi connectivity index (χ3v) is 8.08. The number of nitrogens with zero attached hydrogens (tertiary/aromatic N) is 3. The molecular weight excluding hydrogens is 374 g/mol. The van der Waals surface area contributed by atoms with Crippen LogP contribution in [0.4, 0.5) is 5.82 Å². The van der Waals surface area contributed by atoms with Crippen molar-refractivity contribution in [2.45, 2.75) is 38.5 Å². The highest BCUT2D eigenvalue weighted by molar-refractivity contribution is 8.00. The molecule has 0 bridgehead atoms. The fraction of sp³-hybridized carbons (Fsp3) is 0.562. The van der Waals surface area contributed by atoms with Crippen molar-refractivity contribution in [2.24, 2.45) is 0 Å². The summed E-state index contributed by atoms with van der Waals surface area (Å²) in [6, 6.07) is -0.118. The van der Waals surface area contributed by atoms with E-state index in [-0.39, 0.29) is 28.7 Å². The lowest BCUT2D eigenvalue weighted by Gasteiger charge is -2.17. The minimum Gasteiger partial charge on any atom is -0.308 e. The maximum absolute atomic E-state index is 12.0. The van der Waals surface area contributed by atoms with E-state index in [0.717, 1.165) is 28.2 Å². The van der Waals surface area contributed by atoms with Crippen LogP contribution in [-0.2, 0) is 14.6 Å². The van der Waals surface area contributed by atoms with E-state index >= 15 is 0 Å². The van der Waals surface area contributed by atoms with Gasteiger partial charge in [0, 0.05) is 22.5 Å². The van der Waals surface area contributed by atoms with E-state index in [9.17, 15) is 13.2 Å². The third kappa shape index (κ3) is 2.84. The van der Waals surface area contributed by atoms with Crippen LogP contribution in [0.15, 0.2) is 0 Å². The first-order chi connectivity index (χ1) is 12.3. The van der Waals surface area contributed by atoms with Crippen molar-refractivity contribution in [2.75, 3.05) is 22.6 Å². The highest BCUT2D eigenvalue weighted by atomic mass is 32.2. The summed E-state index contributed by atoms with van der Waals surface area (Å²) in [4.78, 5) is 12.0. The second kappa shape index (κ2) is 6.12. The summed E-state index contributed by atoms with van der Waals surface area (Å²) in [5, 5.41) is 14.6. The molecule has 2 atom stereocenters. The minimum absolute atomic E-state index is 0.0742. The van der Waals surface area contributed by atoms with Gasteiger partial charge in [0.2, 0.25) is 5.91 Å². The Morgan fingerprint density at radius 3 is 2.69 bits per heavy atom. The van der Waals surface area contributed by atoms with Crippen LogP contribution in [0.25, 0.3) is 0 Å². The number of sulfone groups is 1. The number of rotatable bonds is 2. The Labute approximate surface area is 156 Å². The van der Waals surface area contributed by atoms with Crippen molar-refractivity contribution in [3.63, 3.8) is 0 Å². The smallest absolute Gasteiger partial charge is 0.235 e. The summed E-state index contributed by atoms with van der Waals surface area (Å²) in [7, 11) is -2.98. The largest absolute Gasteiger partial charge is 0.308 e. The van der Waals surface area contributed by atoms with E-state index < -0.39 is 9.84 Å². The van der Waals surface area contributed by atoms with Gasteiger partial charge in [-0.25, -0.2) is 8.42 Å². The first-order valence-corrected chi connectivity index (χ1v) is 11.4. The van der Waals surface area contributed by atoms with E-state index in [1.807, 2.05) is 25.5 Å². The number of hydrogen-bond donors (Lipinski definition) is 2. The number of nitrogens with one attached hydrogen (secondary N) is 2. The highest BCUT2D eigenvalue weighted by Gasteiger charge is 2.35. The molecule has 2 aliphatic heterocycles. The van der Waals surface area contributed by atoms with Crippen LogP contribution in [0.3, 0.4) is 0 Å². The van der Waals surface area contributed by atoms with Gasteiger partial charge in [-0.2, -0.15) is 10.2 Å². The molecular formula is C16H21N5O3S2. The fourth-order valence-electron chi connectivity index (χ4n) is 3.87. The Morgan fingerprint density at radius 2 is 2.00 bits per heavy atom. The zero-order chi connectivity index (χ0) is 18.6. The molecule has 0 aromatic carbocycles. The van der Waals surface area contributed by atoms with E-state index in [4.69, 9.17) is 0 Å². The maximum atomic E-state index is 12.0. The van der Waals surface area contributed by atoms with Gasteiger partial charge in [-0.1, -0.05) is 0 Å². The van der Waals surface area contributed by atoms with Crippen LogP contribution in [0.2, 0.25) is 0 Å². The number of hydrogen-bond acceptors (Lipinski definition) is 6. The monoisotopic (exact) mass is 395 g/mol. The van der Waals surface area contributed by atoms with Gasteiger partial charge in [0.25, 0.3) is 0 Å². The van der Waals surface area contributed by atoms with E-state index in [1.54, 1.807) is 11.8 Å². The Balaban J connectivity index is 1.79. The second-order valence-corrected chi connectivity index (χ2v) is 10.3. The second-order valence-electron chi connectivity index (χ2n) is 6.94. The van der Waals surface area contributed by atoms with Crippen LogP contribution in [-0.4, -0.2) is 51.6 Å². The zero-order valence-electron chi connectivity index (χ0n) is 14.9. The SMILES string of the molecule is Cc1nn([C@@H]2CCS(=O)(=O)C2)c(C)c1[C@@H]1SCC(=O)Nc2n[nH]c(C)c21. The van der Waals surface area contributed by atoms with Crippen LogP contribution in [0.5, 0.6) is 0 Å². The quantitative estimate of drug-likeness (QED) is 0.800. The van der Waals surface area contributed by atoms with Crippen molar-refractivity contribution in [1.29, 1.82) is 0 Å². The number of H-pyrrole nitrogens is 1. The van der Waals surface area contributed by atoms with Gasteiger partial charge in [-0.3, -0.25) is 14.6 Å². The van der Waals surface area contributed by atoms with Crippen LogP contribution < -0.4 is 5.32 Å². The molecule has 1 saturated heterocycles. The summed E-state index contributed by atoms with van der Waals surface area (Å²) in [5.41, 5.74) is 4.75. The van der Waals surface area contributed by atoms with Gasteiger partial charge in [-0.05, 0) is 27.2 Å². The summed E-state index contributed by atoms with van der Waals surface area (Å²) in [6.07, 6.45) is 0.595. The highest BCUT2D eigenvalue weighted by Crippen LogP contribution is 2.45. The minimum atomic E-state index is -2.98. The number of aromatic amines is 1. The number of aryl methyl sites for hydroxylation is 2. The molecule has 4 heterocycles. The normalized spacial score (nSPS) is 25.0. The maximum Gasteiger partial charge on any atom is 0.235 e. The first kappa shape index (κ1) is 17.6. The van der Waals surface area contributed by atoms with Crippen LogP contribution in [0, 0.1) is 20.8 Å². The molecule has 8 nitrogen and oxygen atoms in total. The molecule has 10 heteroatoms. The Bertz CT molecular complexity index is 992. The van der Waals surface area contributed by atoms with Crippen LogP contribution >= 0.6 is 11.8 Å². The molecule has 0 spiro atoms. The van der Waals surface area contributed by atoms with E-state index in [1.165, 1.54) is 0 Å². The fourth-order valence-corrected chi connectivity index (χ4v) is 6.92. The molecule has 140 valence electrons. The average Bonchev–Trinajstić information content (AvgIpc) is 3.15. The lowest BCUT2D eigenvalue weighted by Crippen LogP contribution is -2.14. The average molecular weight is 396 g/mol. The lowest BCUT2D eigenvalue weighted by molar-refractivity contribution is -0.113. The summed E-state index contributed by atoms with van der Waals surface area (Å²) in [5.74, 6) is 1.18. The van der Waals surface area contributed by atoms with Gasteiger partial charge >= 0.3 is 0 Å². The number of carbonyl (C=O) groups is 1. The number of amides is 1. The summed E-state index contributed by atoms with van der Waals surface area (Å²) < 4.78 is 25.6. The predicted octanol–water partition coefficient (Wildman–Crippen LogP) is 1.67. The Kier molecular flexibility index (Phi) is 4.14. The number of thioether (sulfide) groups is 1. The van der Waals surface area contributed by atoms with Gasteiger partial charge in [0.05, 0.1) is 34.2 Å². The molecule has 4 rings (SSSR count). The molecule has 0 radical (unpaired) electrons. The molecule has 2 aromatic rings. The number of anilines is 1. The van der Waals surface area contributed by atoms with Crippen molar-refractivity contribution >= 4 is 33.3 Å². The van der Waals surface area contributed by atoms with Crippen molar-refractivity contribution in [3.8, 4) is 0 Å². The van der Waals surface area contributed by atoms with Crippen molar-refractivity contribution in [1.82, 2.24) is 20.0 Å². The van der Waals surface area contributed by atoms with Gasteiger partial charge in [0.1, 0.15) is 0 Å². The summed E-state index contributed by atoms with van der Waals surface area (Å²) >= 11 is 1.55.